The summed E-state index contributed by atoms with van der Waals surface area (Å²) in [6.07, 6.45) is 8.79. The lowest BCUT2D eigenvalue weighted by Gasteiger charge is -2.20. The van der Waals surface area contributed by atoms with E-state index in [1.807, 2.05) is 0 Å². The Kier molecular flexibility index (Phi) is 5.45. The van der Waals surface area contributed by atoms with E-state index in [-0.39, 0.29) is 5.15 Å². The van der Waals surface area contributed by atoms with Crippen molar-refractivity contribution in [3.63, 3.8) is 0 Å². The minimum atomic E-state index is -0.423. The van der Waals surface area contributed by atoms with Crippen molar-refractivity contribution in [1.82, 2.24) is 4.98 Å². The van der Waals surface area contributed by atoms with E-state index >= 15 is 0 Å². The molecule has 19 heavy (non-hydrogen) atoms. The van der Waals surface area contributed by atoms with Gasteiger partial charge in [-0.25, -0.2) is 9.78 Å². The van der Waals surface area contributed by atoms with E-state index in [4.69, 9.17) is 11.6 Å². The van der Waals surface area contributed by atoms with Crippen molar-refractivity contribution in [2.24, 2.45) is 0 Å². The van der Waals surface area contributed by atoms with Crippen LogP contribution >= 0.6 is 22.9 Å². The molecule has 0 aromatic carbocycles. The molecule has 1 fully saturated rings. The average molecular weight is 303 g/mol. The number of halogens is 1. The molecule has 1 aliphatic carbocycles. The predicted octanol–water partition coefficient (Wildman–Crippen LogP) is 4.11. The molecule has 0 radical (unpaired) electrons. The molecule has 1 saturated carbocycles. The molecule has 0 atom stereocenters. The molecular formula is C13H19ClN2O2S. The predicted molar refractivity (Wildman–Crippen MR) is 78.2 cm³/mol. The maximum Gasteiger partial charge on any atom is 0.351 e. The van der Waals surface area contributed by atoms with Crippen LogP contribution in [0.1, 0.15) is 54.6 Å². The second-order valence-corrected chi connectivity index (χ2v) is 6.17. The standard InChI is InChI=1S/C13H19ClN2O2S/c1-18-12(17)10-11(14)16-13(19-10)15-9-7-5-3-2-4-6-8-9/h9H,2-8H2,1H3,(H,15,16). The van der Waals surface area contributed by atoms with Crippen molar-refractivity contribution in [2.45, 2.75) is 51.0 Å². The Balaban J connectivity index is 1.99. The third-order valence-corrected chi connectivity index (χ3v) is 4.74. The minimum Gasteiger partial charge on any atom is -0.465 e. The number of hydrogen-bond acceptors (Lipinski definition) is 5. The van der Waals surface area contributed by atoms with E-state index in [2.05, 4.69) is 15.0 Å². The van der Waals surface area contributed by atoms with Gasteiger partial charge in [0.1, 0.15) is 0 Å². The SMILES string of the molecule is COC(=O)c1sc(NC2CCCCCCC2)nc1Cl. The molecule has 1 aromatic heterocycles. The van der Waals surface area contributed by atoms with E-state index in [1.54, 1.807) is 0 Å². The van der Waals surface area contributed by atoms with Crippen LogP contribution in [0.2, 0.25) is 5.15 Å². The van der Waals surface area contributed by atoms with Crippen LogP contribution in [-0.2, 0) is 4.74 Å². The smallest absolute Gasteiger partial charge is 0.351 e. The number of carbonyl (C=O) groups is 1. The zero-order valence-corrected chi connectivity index (χ0v) is 12.6. The molecule has 0 spiro atoms. The molecular weight excluding hydrogens is 284 g/mol. The van der Waals surface area contributed by atoms with E-state index in [0.29, 0.717) is 10.9 Å². The van der Waals surface area contributed by atoms with Crippen LogP contribution in [0.25, 0.3) is 0 Å². The first-order chi connectivity index (χ1) is 9.20. The van der Waals surface area contributed by atoms with E-state index in [1.165, 1.54) is 50.6 Å². The average Bonchev–Trinajstić information content (AvgIpc) is 2.72. The van der Waals surface area contributed by atoms with Crippen molar-refractivity contribution in [1.29, 1.82) is 0 Å². The Morgan fingerprint density at radius 3 is 2.58 bits per heavy atom. The fourth-order valence-corrected chi connectivity index (χ4v) is 3.54. The Hall–Kier alpha value is -0.810. The van der Waals surface area contributed by atoms with Gasteiger partial charge in [0.15, 0.2) is 15.2 Å². The van der Waals surface area contributed by atoms with Gasteiger partial charge in [-0.2, -0.15) is 0 Å². The van der Waals surface area contributed by atoms with Crippen LogP contribution in [0.4, 0.5) is 5.13 Å². The maximum absolute atomic E-state index is 11.5. The number of nitrogens with one attached hydrogen (secondary N) is 1. The molecule has 1 aromatic rings. The van der Waals surface area contributed by atoms with Crippen LogP contribution in [0.15, 0.2) is 0 Å². The monoisotopic (exact) mass is 302 g/mol. The lowest BCUT2D eigenvalue weighted by molar-refractivity contribution is 0.0606. The zero-order chi connectivity index (χ0) is 13.7. The summed E-state index contributed by atoms with van der Waals surface area (Å²) in [6.45, 7) is 0. The third kappa shape index (κ3) is 4.08. The fraction of sp³-hybridized carbons (Fsp3) is 0.692. The van der Waals surface area contributed by atoms with Crippen molar-refractivity contribution in [3.8, 4) is 0 Å². The first kappa shape index (κ1) is 14.6. The Morgan fingerprint density at radius 2 is 1.95 bits per heavy atom. The van der Waals surface area contributed by atoms with Gasteiger partial charge in [-0.15, -0.1) is 0 Å². The molecule has 0 bridgehead atoms. The third-order valence-electron chi connectivity index (χ3n) is 3.39. The van der Waals surface area contributed by atoms with Gasteiger partial charge in [0.2, 0.25) is 0 Å². The maximum atomic E-state index is 11.5. The number of ether oxygens (including phenoxy) is 1. The number of aromatic nitrogens is 1. The molecule has 1 heterocycles. The Morgan fingerprint density at radius 1 is 1.32 bits per heavy atom. The van der Waals surface area contributed by atoms with Gasteiger partial charge in [0.05, 0.1) is 7.11 Å². The molecule has 4 nitrogen and oxygen atoms in total. The van der Waals surface area contributed by atoms with Crippen molar-refractivity contribution in [2.75, 3.05) is 12.4 Å². The number of nitrogens with zero attached hydrogens (tertiary/aromatic N) is 1. The van der Waals surface area contributed by atoms with E-state index < -0.39 is 5.97 Å². The van der Waals surface area contributed by atoms with Crippen LogP contribution < -0.4 is 5.32 Å². The summed E-state index contributed by atoms with van der Waals surface area (Å²) in [4.78, 5) is 16.0. The number of carbonyl (C=O) groups excluding carboxylic acids is 1. The van der Waals surface area contributed by atoms with Crippen LogP contribution in [0.5, 0.6) is 0 Å². The summed E-state index contributed by atoms with van der Waals surface area (Å²) in [5.74, 6) is -0.423. The second-order valence-electron chi connectivity index (χ2n) is 4.82. The topological polar surface area (TPSA) is 51.2 Å². The largest absolute Gasteiger partial charge is 0.465 e. The lowest BCUT2D eigenvalue weighted by atomic mass is 9.97. The highest BCUT2D eigenvalue weighted by Gasteiger charge is 2.19. The highest BCUT2D eigenvalue weighted by molar-refractivity contribution is 7.18. The van der Waals surface area contributed by atoms with E-state index in [9.17, 15) is 4.79 Å². The molecule has 0 unspecified atom stereocenters. The molecule has 6 heteroatoms. The molecule has 0 amide bonds. The van der Waals surface area contributed by atoms with Crippen LogP contribution in [-0.4, -0.2) is 24.1 Å². The number of anilines is 1. The first-order valence-corrected chi connectivity index (χ1v) is 7.91. The summed E-state index contributed by atoms with van der Waals surface area (Å²) in [5, 5.41) is 4.35. The molecule has 0 aliphatic heterocycles. The van der Waals surface area contributed by atoms with Crippen LogP contribution in [0, 0.1) is 0 Å². The van der Waals surface area contributed by atoms with Gasteiger partial charge in [-0.3, -0.25) is 0 Å². The number of thiazole rings is 1. The van der Waals surface area contributed by atoms with Crippen molar-refractivity contribution >= 4 is 34.0 Å². The number of rotatable bonds is 3. The summed E-state index contributed by atoms with van der Waals surface area (Å²) in [5.41, 5.74) is 0. The summed E-state index contributed by atoms with van der Waals surface area (Å²) in [7, 11) is 1.35. The molecule has 0 saturated heterocycles. The van der Waals surface area contributed by atoms with Gasteiger partial charge in [0.25, 0.3) is 0 Å². The highest BCUT2D eigenvalue weighted by Crippen LogP contribution is 2.29. The van der Waals surface area contributed by atoms with Gasteiger partial charge in [0, 0.05) is 6.04 Å². The van der Waals surface area contributed by atoms with Crippen molar-refractivity contribution < 1.29 is 9.53 Å². The van der Waals surface area contributed by atoms with Gasteiger partial charge in [-0.1, -0.05) is 55.0 Å². The Labute approximate surface area is 122 Å². The summed E-state index contributed by atoms with van der Waals surface area (Å²) >= 11 is 7.22. The lowest BCUT2D eigenvalue weighted by Crippen LogP contribution is -2.20. The fourth-order valence-electron chi connectivity index (χ4n) is 2.36. The summed E-state index contributed by atoms with van der Waals surface area (Å²) < 4.78 is 4.68. The quantitative estimate of drug-likeness (QED) is 0.854. The van der Waals surface area contributed by atoms with Crippen molar-refractivity contribution in [3.05, 3.63) is 10.0 Å². The van der Waals surface area contributed by atoms with Gasteiger partial charge < -0.3 is 10.1 Å². The minimum absolute atomic E-state index is 0.227. The van der Waals surface area contributed by atoms with Crippen LogP contribution in [0.3, 0.4) is 0 Å². The number of hydrogen-bond donors (Lipinski definition) is 1. The molecule has 2 rings (SSSR count). The normalized spacial score (nSPS) is 17.6. The molecule has 1 aliphatic rings. The molecule has 106 valence electrons. The summed E-state index contributed by atoms with van der Waals surface area (Å²) in [6, 6.07) is 0.438. The molecule has 1 N–H and O–H groups in total. The van der Waals surface area contributed by atoms with E-state index in [0.717, 1.165) is 18.0 Å². The second kappa shape index (κ2) is 7.10. The number of esters is 1. The Bertz CT molecular complexity index is 428. The highest BCUT2D eigenvalue weighted by atomic mass is 35.5. The van der Waals surface area contributed by atoms with Gasteiger partial charge in [-0.05, 0) is 12.8 Å². The van der Waals surface area contributed by atoms with Gasteiger partial charge >= 0.3 is 5.97 Å². The zero-order valence-electron chi connectivity index (χ0n) is 11.1. The first-order valence-electron chi connectivity index (χ1n) is 6.72. The number of methoxy groups -OCH3 is 1.